The second kappa shape index (κ2) is 10.2. The molecular formula is C23H30ClN3O4. The number of ether oxygens (including phenoxy) is 3. The van der Waals surface area contributed by atoms with E-state index in [1.54, 1.807) is 13.1 Å². The zero-order valence-corrected chi connectivity index (χ0v) is 18.9. The Labute approximate surface area is 188 Å². The second-order valence-electron chi connectivity index (χ2n) is 8.54. The van der Waals surface area contributed by atoms with Crippen LogP contribution in [0.3, 0.4) is 0 Å². The molecule has 2 heterocycles. The predicted octanol–water partition coefficient (Wildman–Crippen LogP) is 4.88. The number of pyridine rings is 1. The van der Waals surface area contributed by atoms with Gasteiger partial charge in [-0.1, -0.05) is 31.5 Å². The molecule has 3 rings (SSSR count). The number of anilines is 1. The molecule has 168 valence electrons. The van der Waals surface area contributed by atoms with E-state index in [4.69, 9.17) is 31.5 Å². The Morgan fingerprint density at radius 3 is 2.77 bits per heavy atom. The van der Waals surface area contributed by atoms with Crippen LogP contribution < -0.4 is 15.8 Å². The minimum absolute atomic E-state index is 0.153. The summed E-state index contributed by atoms with van der Waals surface area (Å²) in [5.74, 6) is 1.62. The van der Waals surface area contributed by atoms with E-state index in [1.807, 2.05) is 44.2 Å². The van der Waals surface area contributed by atoms with Gasteiger partial charge in [-0.3, -0.25) is 0 Å². The van der Waals surface area contributed by atoms with E-state index in [0.29, 0.717) is 29.7 Å². The maximum Gasteiger partial charge on any atom is 0.405 e. The normalized spacial score (nSPS) is 17.9. The first-order chi connectivity index (χ1) is 14.7. The van der Waals surface area contributed by atoms with E-state index < -0.39 is 11.7 Å². The van der Waals surface area contributed by atoms with E-state index >= 15 is 0 Å². The van der Waals surface area contributed by atoms with Crippen LogP contribution in [0, 0.1) is 5.92 Å². The third-order valence-electron chi connectivity index (χ3n) is 5.03. The van der Waals surface area contributed by atoms with Crippen molar-refractivity contribution >= 4 is 23.5 Å². The van der Waals surface area contributed by atoms with Gasteiger partial charge in [-0.25, -0.2) is 9.78 Å². The van der Waals surface area contributed by atoms with Gasteiger partial charge in [0, 0.05) is 12.8 Å². The first-order valence-electron chi connectivity index (χ1n) is 10.5. The maximum atomic E-state index is 11.3. The highest BCUT2D eigenvalue weighted by Gasteiger charge is 2.30. The fourth-order valence-electron chi connectivity index (χ4n) is 3.81. The average Bonchev–Trinajstić information content (AvgIpc) is 3.19. The van der Waals surface area contributed by atoms with Gasteiger partial charge < -0.3 is 25.3 Å². The van der Waals surface area contributed by atoms with Crippen molar-refractivity contribution in [3.8, 4) is 16.9 Å². The summed E-state index contributed by atoms with van der Waals surface area (Å²) < 4.78 is 16.6. The highest BCUT2D eigenvalue weighted by molar-refractivity contribution is 6.32. The second-order valence-corrected chi connectivity index (χ2v) is 8.94. The molecule has 0 bridgehead atoms. The first-order valence-corrected chi connectivity index (χ1v) is 10.8. The molecule has 1 fully saturated rings. The highest BCUT2D eigenvalue weighted by atomic mass is 35.5. The van der Waals surface area contributed by atoms with Gasteiger partial charge in [0.25, 0.3) is 0 Å². The number of hydrogen-bond donors (Lipinski definition) is 2. The molecule has 1 aliphatic heterocycles. The number of halogens is 1. The number of carbonyl (C=O) groups excluding carboxylic acids is 1. The largest absolute Gasteiger partial charge is 0.488 e. The number of nitrogens with zero attached hydrogens (tertiary/aromatic N) is 1. The average molecular weight is 448 g/mol. The number of amides is 1. The Hall–Kier alpha value is -2.51. The van der Waals surface area contributed by atoms with Crippen molar-refractivity contribution < 1.29 is 19.0 Å². The van der Waals surface area contributed by atoms with Crippen LogP contribution >= 0.6 is 11.6 Å². The van der Waals surface area contributed by atoms with Crippen LogP contribution in [-0.4, -0.2) is 42.5 Å². The molecule has 0 radical (unpaired) electrons. The number of rotatable bonds is 9. The smallest absolute Gasteiger partial charge is 0.405 e. The van der Waals surface area contributed by atoms with Gasteiger partial charge in [0.05, 0.1) is 17.7 Å². The van der Waals surface area contributed by atoms with E-state index in [-0.39, 0.29) is 12.6 Å². The summed E-state index contributed by atoms with van der Waals surface area (Å²) >= 11 is 6.49. The lowest BCUT2D eigenvalue weighted by Gasteiger charge is -2.30. The van der Waals surface area contributed by atoms with E-state index in [0.717, 1.165) is 30.0 Å². The lowest BCUT2D eigenvalue weighted by Crippen LogP contribution is -2.41. The van der Waals surface area contributed by atoms with Crippen molar-refractivity contribution in [3.63, 3.8) is 0 Å². The molecule has 7 nitrogen and oxygen atoms in total. The van der Waals surface area contributed by atoms with Crippen molar-refractivity contribution in [1.29, 1.82) is 0 Å². The van der Waals surface area contributed by atoms with Crippen LogP contribution in [-0.2, 0) is 9.47 Å². The molecule has 3 N–H and O–H groups in total. The highest BCUT2D eigenvalue weighted by Crippen LogP contribution is 2.32. The molecule has 1 aliphatic rings. The number of aromatic nitrogens is 1. The summed E-state index contributed by atoms with van der Waals surface area (Å²) in [6, 6.07) is 9.81. The molecule has 1 aromatic carbocycles. The fourth-order valence-corrected chi connectivity index (χ4v) is 4.05. The maximum absolute atomic E-state index is 11.3. The zero-order chi connectivity index (χ0) is 22.4. The van der Waals surface area contributed by atoms with Crippen LogP contribution in [0.2, 0.25) is 5.02 Å². The van der Waals surface area contributed by atoms with Crippen LogP contribution in [0.1, 0.15) is 33.6 Å². The van der Waals surface area contributed by atoms with E-state index in [9.17, 15) is 4.79 Å². The van der Waals surface area contributed by atoms with Crippen molar-refractivity contribution in [3.05, 3.63) is 41.6 Å². The van der Waals surface area contributed by atoms with Gasteiger partial charge in [0.1, 0.15) is 23.8 Å². The van der Waals surface area contributed by atoms with Crippen LogP contribution in [0.25, 0.3) is 11.1 Å². The Balaban J connectivity index is 1.70. The molecule has 0 saturated carbocycles. The fraction of sp³-hybridized carbons (Fsp3) is 0.478. The number of hydrogen-bond acceptors (Lipinski definition) is 6. The summed E-state index contributed by atoms with van der Waals surface area (Å²) in [5.41, 5.74) is 6.35. The third kappa shape index (κ3) is 6.74. The zero-order valence-electron chi connectivity index (χ0n) is 18.2. The van der Waals surface area contributed by atoms with Gasteiger partial charge in [0.2, 0.25) is 0 Å². The minimum atomic E-state index is -0.836. The van der Waals surface area contributed by atoms with Crippen molar-refractivity contribution in [2.24, 2.45) is 11.7 Å². The standard InChI is InChI=1S/C23H30ClN3O4/c1-15(2)12-23(3,31-22(25)28)14-30-20-5-4-16(10-19(20)24)17-6-8-26-21(11-17)27-18-7-9-29-13-18/h4-6,8,10-11,15,18H,7,9,12-14H2,1-3H3,(H2,25,28)(H,26,27)/t18?,23-/m0/s1. The van der Waals surface area contributed by atoms with Gasteiger partial charge in [0.15, 0.2) is 0 Å². The Bertz CT molecular complexity index is 902. The van der Waals surface area contributed by atoms with Gasteiger partial charge in [-0.05, 0) is 61.1 Å². The van der Waals surface area contributed by atoms with Crippen molar-refractivity contribution in [2.75, 3.05) is 25.1 Å². The molecule has 1 saturated heterocycles. The Morgan fingerprint density at radius 1 is 1.35 bits per heavy atom. The molecule has 1 aromatic heterocycles. The summed E-state index contributed by atoms with van der Waals surface area (Å²) in [6.07, 6.45) is 2.53. The Kier molecular flexibility index (Phi) is 7.62. The monoisotopic (exact) mass is 447 g/mol. The SMILES string of the molecule is CC(C)C[C@@](C)(COc1ccc(-c2ccnc(NC3CCOC3)c2)cc1Cl)OC(N)=O. The van der Waals surface area contributed by atoms with Gasteiger partial charge in [-0.15, -0.1) is 0 Å². The van der Waals surface area contributed by atoms with Gasteiger partial charge >= 0.3 is 6.09 Å². The Morgan fingerprint density at radius 2 is 2.13 bits per heavy atom. The molecule has 0 aliphatic carbocycles. The van der Waals surface area contributed by atoms with Crippen LogP contribution in [0.5, 0.6) is 5.75 Å². The van der Waals surface area contributed by atoms with E-state index in [2.05, 4.69) is 10.3 Å². The number of benzene rings is 1. The summed E-state index contributed by atoms with van der Waals surface area (Å²) in [6.45, 7) is 7.51. The summed E-state index contributed by atoms with van der Waals surface area (Å²) in [4.78, 5) is 15.7. The molecule has 2 aromatic rings. The number of nitrogens with one attached hydrogen (secondary N) is 1. The van der Waals surface area contributed by atoms with E-state index in [1.165, 1.54) is 0 Å². The predicted molar refractivity (Wildman–Crippen MR) is 122 cm³/mol. The summed E-state index contributed by atoms with van der Waals surface area (Å²) in [5, 5.41) is 3.87. The minimum Gasteiger partial charge on any atom is -0.488 e. The molecule has 0 spiro atoms. The van der Waals surface area contributed by atoms with Crippen LogP contribution in [0.4, 0.5) is 10.6 Å². The molecule has 1 amide bonds. The topological polar surface area (TPSA) is 95.7 Å². The first kappa shape index (κ1) is 23.2. The van der Waals surface area contributed by atoms with Crippen molar-refractivity contribution in [1.82, 2.24) is 4.98 Å². The number of carbonyl (C=O) groups is 1. The lowest BCUT2D eigenvalue weighted by molar-refractivity contribution is -0.0185. The molecule has 8 heteroatoms. The molecular weight excluding hydrogens is 418 g/mol. The quantitative estimate of drug-likeness (QED) is 0.568. The molecule has 31 heavy (non-hydrogen) atoms. The van der Waals surface area contributed by atoms with Gasteiger partial charge in [-0.2, -0.15) is 0 Å². The van der Waals surface area contributed by atoms with Crippen LogP contribution in [0.15, 0.2) is 36.5 Å². The molecule has 2 atom stereocenters. The number of primary amides is 1. The summed E-state index contributed by atoms with van der Waals surface area (Å²) in [7, 11) is 0. The van der Waals surface area contributed by atoms with Crippen molar-refractivity contribution in [2.45, 2.75) is 45.3 Å². The molecule has 1 unspecified atom stereocenters. The third-order valence-corrected chi connectivity index (χ3v) is 5.32. The number of nitrogens with two attached hydrogens (primary N) is 1. The lowest BCUT2D eigenvalue weighted by atomic mass is 9.95.